The number of hydrogen-bond donors (Lipinski definition) is 1. The zero-order chi connectivity index (χ0) is 11.0. The maximum absolute atomic E-state index is 10.2. The van der Waals surface area contributed by atoms with E-state index in [1.807, 2.05) is 6.92 Å². The fourth-order valence-electron chi connectivity index (χ4n) is 1.31. The quantitative estimate of drug-likeness (QED) is 0.320. The molecule has 0 amide bonds. The third-order valence-electron chi connectivity index (χ3n) is 2.05. The van der Waals surface area contributed by atoms with Crippen molar-refractivity contribution in [2.24, 2.45) is 0 Å². The average Bonchev–Trinajstić information content (AvgIpc) is 2.02. The van der Waals surface area contributed by atoms with Crippen molar-refractivity contribution >= 4 is 10.1 Å². The van der Waals surface area contributed by atoms with Gasteiger partial charge in [-0.25, -0.2) is 8.42 Å². The number of aliphatic hydroxyl groups excluding tert-OH is 1. The maximum Gasteiger partial charge on any atom is 1.00 e. The van der Waals surface area contributed by atoms with Gasteiger partial charge in [0.05, 0.1) is 16.2 Å². The second-order valence-electron chi connectivity index (χ2n) is 3.55. The van der Waals surface area contributed by atoms with Crippen molar-refractivity contribution in [3.63, 3.8) is 0 Å². The Balaban J connectivity index is 0. The van der Waals surface area contributed by atoms with Crippen molar-refractivity contribution in [1.29, 1.82) is 0 Å². The van der Waals surface area contributed by atoms with Gasteiger partial charge in [0.15, 0.2) is 0 Å². The van der Waals surface area contributed by atoms with E-state index in [9.17, 15) is 18.1 Å². The second-order valence-corrected chi connectivity index (χ2v) is 5.08. The number of rotatable bonds is 8. The summed E-state index contributed by atoms with van der Waals surface area (Å²) in [6.07, 6.45) is 4.07. The van der Waals surface area contributed by atoms with E-state index in [0.717, 1.165) is 19.3 Å². The summed E-state index contributed by atoms with van der Waals surface area (Å²) in [7, 11) is -4.05. The smallest absolute Gasteiger partial charge is 0.748 e. The van der Waals surface area contributed by atoms with Gasteiger partial charge in [-0.1, -0.05) is 26.2 Å². The summed E-state index contributed by atoms with van der Waals surface area (Å²) in [5, 5.41) is 9.33. The number of hydrogen-bond acceptors (Lipinski definition) is 4. The minimum atomic E-state index is -4.05. The summed E-state index contributed by atoms with van der Waals surface area (Å²) in [5.74, 6) is -0.281. The van der Waals surface area contributed by atoms with Crippen LogP contribution in [0.1, 0.15) is 45.4 Å². The predicted octanol–water partition coefficient (Wildman–Crippen LogP) is -1.74. The van der Waals surface area contributed by atoms with Gasteiger partial charge in [0.2, 0.25) is 0 Å². The molecule has 0 aliphatic heterocycles. The first-order chi connectivity index (χ1) is 6.45. The first-order valence-electron chi connectivity index (χ1n) is 5.07. The average molecular weight is 262 g/mol. The van der Waals surface area contributed by atoms with E-state index in [-0.39, 0.29) is 63.2 Å². The molecule has 86 valence electrons. The Kier molecular flexibility index (Phi) is 13.4. The number of aliphatic hydroxyl groups is 1. The molecule has 0 radical (unpaired) electrons. The van der Waals surface area contributed by atoms with E-state index >= 15 is 0 Å². The minimum absolute atomic E-state index is 0. The molecule has 6 heteroatoms. The normalized spacial score (nSPS) is 13.3. The zero-order valence-corrected chi connectivity index (χ0v) is 13.5. The van der Waals surface area contributed by atoms with Crippen molar-refractivity contribution in [2.45, 2.75) is 51.6 Å². The van der Waals surface area contributed by atoms with Gasteiger partial charge in [-0.3, -0.25) is 0 Å². The Morgan fingerprint density at radius 1 is 1.20 bits per heavy atom. The maximum atomic E-state index is 10.2. The van der Waals surface area contributed by atoms with E-state index in [2.05, 4.69) is 0 Å². The molecule has 0 aromatic rings. The monoisotopic (exact) mass is 262 g/mol. The first kappa shape index (κ1) is 18.9. The van der Waals surface area contributed by atoms with Crippen molar-refractivity contribution in [1.82, 2.24) is 0 Å². The molecule has 0 aromatic carbocycles. The fourth-order valence-corrected chi connectivity index (χ4v) is 1.87. The van der Waals surface area contributed by atoms with Gasteiger partial charge in [-0.05, 0) is 19.3 Å². The molecule has 0 saturated heterocycles. The Labute approximate surface area is 135 Å². The third kappa shape index (κ3) is 15.5. The molecule has 0 aliphatic rings. The molecule has 0 aromatic heterocycles. The Hall–Kier alpha value is 1.51. The summed E-state index contributed by atoms with van der Waals surface area (Å²) in [5.41, 5.74) is 0. The van der Waals surface area contributed by atoms with E-state index in [0.29, 0.717) is 19.3 Å². The van der Waals surface area contributed by atoms with Gasteiger partial charge >= 0.3 is 51.4 Å². The van der Waals surface area contributed by atoms with Crippen LogP contribution >= 0.6 is 0 Å². The van der Waals surface area contributed by atoms with Crippen LogP contribution in [-0.4, -0.2) is 29.9 Å². The molecule has 0 bridgehead atoms. The molecule has 0 aliphatic carbocycles. The third-order valence-corrected chi connectivity index (χ3v) is 2.84. The molecule has 1 atom stereocenters. The molecule has 15 heavy (non-hydrogen) atoms. The van der Waals surface area contributed by atoms with Crippen LogP contribution in [0.3, 0.4) is 0 Å². The van der Waals surface area contributed by atoms with Gasteiger partial charge in [0.1, 0.15) is 0 Å². The molecule has 1 unspecified atom stereocenters. The van der Waals surface area contributed by atoms with Crippen LogP contribution in [0, 0.1) is 0 Å². The molecular formula is C9H19KO4S. The minimum Gasteiger partial charge on any atom is -0.748 e. The molecule has 0 heterocycles. The second kappa shape index (κ2) is 10.6. The SMILES string of the molecule is CCCC(O)CCCCCS(=O)(=O)[O-].[K+]. The molecular weight excluding hydrogens is 243 g/mol. The fraction of sp³-hybridized carbons (Fsp3) is 1.00. The number of unbranched alkanes of at least 4 members (excludes halogenated alkanes) is 2. The van der Waals surface area contributed by atoms with E-state index in [1.54, 1.807) is 0 Å². The summed E-state index contributed by atoms with van der Waals surface area (Å²) >= 11 is 0. The van der Waals surface area contributed by atoms with Crippen LogP contribution in [-0.2, 0) is 10.1 Å². The topological polar surface area (TPSA) is 77.4 Å². The van der Waals surface area contributed by atoms with Gasteiger partial charge in [-0.15, -0.1) is 0 Å². The summed E-state index contributed by atoms with van der Waals surface area (Å²) < 4.78 is 30.7. The van der Waals surface area contributed by atoms with E-state index in [1.165, 1.54) is 0 Å². The van der Waals surface area contributed by atoms with Crippen LogP contribution in [0.25, 0.3) is 0 Å². The van der Waals surface area contributed by atoms with Gasteiger partial charge in [0.25, 0.3) is 0 Å². The van der Waals surface area contributed by atoms with Crippen molar-refractivity contribution in [2.75, 3.05) is 5.75 Å². The van der Waals surface area contributed by atoms with E-state index in [4.69, 9.17) is 0 Å². The summed E-state index contributed by atoms with van der Waals surface area (Å²) in [6, 6.07) is 0. The van der Waals surface area contributed by atoms with Gasteiger partial charge in [-0.2, -0.15) is 0 Å². The molecule has 0 fully saturated rings. The van der Waals surface area contributed by atoms with Crippen LogP contribution in [0.4, 0.5) is 0 Å². The van der Waals surface area contributed by atoms with Crippen LogP contribution in [0.2, 0.25) is 0 Å². The standard InChI is InChI=1S/C9H20O4S.K/c1-2-6-9(10)7-4-3-5-8-14(11,12)13;/h9-10H,2-8H2,1H3,(H,11,12,13);/q;+1/p-1. The predicted molar refractivity (Wildman–Crippen MR) is 53.9 cm³/mol. The van der Waals surface area contributed by atoms with E-state index < -0.39 is 10.1 Å². The van der Waals surface area contributed by atoms with Crippen molar-refractivity contribution in [3.8, 4) is 0 Å². The summed E-state index contributed by atoms with van der Waals surface area (Å²) in [6.45, 7) is 2.01. The molecule has 0 rings (SSSR count). The van der Waals surface area contributed by atoms with Crippen LogP contribution in [0.5, 0.6) is 0 Å². The van der Waals surface area contributed by atoms with Crippen molar-refractivity contribution in [3.05, 3.63) is 0 Å². The Bertz CT molecular complexity index is 228. The zero-order valence-electron chi connectivity index (χ0n) is 9.61. The van der Waals surface area contributed by atoms with Crippen molar-refractivity contribution < 1.29 is 69.5 Å². The Morgan fingerprint density at radius 2 is 1.80 bits per heavy atom. The van der Waals surface area contributed by atoms with Gasteiger partial charge in [0, 0.05) is 5.75 Å². The largest absolute Gasteiger partial charge is 1.00 e. The summed E-state index contributed by atoms with van der Waals surface area (Å²) in [4.78, 5) is 0. The Morgan fingerprint density at radius 3 is 2.27 bits per heavy atom. The molecule has 1 N–H and O–H groups in total. The first-order valence-corrected chi connectivity index (χ1v) is 6.65. The van der Waals surface area contributed by atoms with Crippen LogP contribution in [0.15, 0.2) is 0 Å². The van der Waals surface area contributed by atoms with Gasteiger partial charge < -0.3 is 9.66 Å². The molecule has 0 spiro atoms. The van der Waals surface area contributed by atoms with Crippen LogP contribution < -0.4 is 51.4 Å². The molecule has 0 saturated carbocycles. The molecule has 4 nitrogen and oxygen atoms in total.